The highest BCUT2D eigenvalue weighted by molar-refractivity contribution is 7.16. The van der Waals surface area contributed by atoms with E-state index in [0.717, 1.165) is 11.4 Å². The smallest absolute Gasteiger partial charge is 0.229 e. The maximum atomic E-state index is 12.6. The van der Waals surface area contributed by atoms with Crippen molar-refractivity contribution < 1.29 is 15.0 Å². The molecule has 0 spiro atoms. The summed E-state index contributed by atoms with van der Waals surface area (Å²) < 4.78 is 2.43. The SMILES string of the molecule is CNC(=O)C12CC1[C@@H](n1cnc3c(NCC4CCC4)nc(C#Cc4ccc(Cl)s4)nc31)[C@H](O)[C@@H]2O. The third kappa shape index (κ3) is 3.61. The summed E-state index contributed by atoms with van der Waals surface area (Å²) in [4.78, 5) is 27.2. The molecule has 0 radical (unpaired) electrons. The summed E-state index contributed by atoms with van der Waals surface area (Å²) in [6, 6.07) is 3.11. The number of halogens is 1. The molecule has 0 aromatic carbocycles. The molecule has 0 saturated heterocycles. The number of imidazole rings is 1. The normalized spacial score (nSPS) is 29.3. The second-order valence-corrected chi connectivity index (χ2v) is 11.3. The third-order valence-corrected chi connectivity index (χ3v) is 8.87. The summed E-state index contributed by atoms with van der Waals surface area (Å²) in [5, 5.41) is 27.8. The van der Waals surface area contributed by atoms with Crippen molar-refractivity contribution in [3.05, 3.63) is 33.5 Å². The van der Waals surface area contributed by atoms with Gasteiger partial charge >= 0.3 is 0 Å². The van der Waals surface area contributed by atoms with E-state index in [-0.39, 0.29) is 11.8 Å². The lowest BCUT2D eigenvalue weighted by Gasteiger charge is -2.25. The van der Waals surface area contributed by atoms with Crippen molar-refractivity contribution in [2.24, 2.45) is 17.3 Å². The number of hydrogen-bond acceptors (Lipinski definition) is 8. The van der Waals surface area contributed by atoms with Gasteiger partial charge in [-0.3, -0.25) is 4.79 Å². The molecule has 35 heavy (non-hydrogen) atoms. The predicted octanol–water partition coefficient (Wildman–Crippen LogP) is 2.18. The first kappa shape index (κ1) is 22.7. The molecule has 3 saturated carbocycles. The van der Waals surface area contributed by atoms with Gasteiger partial charge in [0.05, 0.1) is 33.1 Å². The van der Waals surface area contributed by atoms with E-state index in [1.54, 1.807) is 24.0 Å². The second kappa shape index (κ2) is 8.45. The van der Waals surface area contributed by atoms with Crippen LogP contribution in [0.3, 0.4) is 0 Å². The zero-order chi connectivity index (χ0) is 24.3. The Morgan fingerprint density at radius 1 is 1.31 bits per heavy atom. The van der Waals surface area contributed by atoms with Crippen molar-refractivity contribution in [1.82, 2.24) is 24.8 Å². The molecule has 3 aromatic heterocycles. The van der Waals surface area contributed by atoms with Gasteiger partial charge in [0, 0.05) is 19.5 Å². The first-order chi connectivity index (χ1) is 16.9. The van der Waals surface area contributed by atoms with Gasteiger partial charge < -0.3 is 25.4 Å². The van der Waals surface area contributed by atoms with Crippen molar-refractivity contribution in [3.8, 4) is 11.8 Å². The molecule has 4 N–H and O–H groups in total. The summed E-state index contributed by atoms with van der Waals surface area (Å²) in [6.07, 6.45) is 3.47. The number of hydrogen-bond donors (Lipinski definition) is 4. The average molecular weight is 513 g/mol. The number of rotatable bonds is 5. The maximum Gasteiger partial charge on any atom is 0.229 e. The van der Waals surface area contributed by atoms with E-state index in [1.165, 1.54) is 30.6 Å². The Morgan fingerprint density at radius 2 is 2.14 bits per heavy atom. The molecule has 6 rings (SSSR count). The fourth-order valence-electron chi connectivity index (χ4n) is 5.54. The van der Waals surface area contributed by atoms with Crippen LogP contribution in [0.2, 0.25) is 4.34 Å². The van der Waals surface area contributed by atoms with Gasteiger partial charge in [0.2, 0.25) is 11.7 Å². The number of fused-ring (bicyclic) bond motifs is 2. The highest BCUT2D eigenvalue weighted by Crippen LogP contribution is 2.67. The topological polar surface area (TPSA) is 125 Å². The van der Waals surface area contributed by atoms with Crippen LogP contribution in [0.1, 0.15) is 42.4 Å². The van der Waals surface area contributed by atoms with Crippen LogP contribution in [0.25, 0.3) is 11.2 Å². The lowest BCUT2D eigenvalue weighted by molar-refractivity contribution is -0.132. The molecular weight excluding hydrogens is 488 g/mol. The van der Waals surface area contributed by atoms with E-state index >= 15 is 0 Å². The molecular formula is C24H25ClN6O3S. The van der Waals surface area contributed by atoms with Crippen molar-refractivity contribution in [2.75, 3.05) is 18.9 Å². The van der Waals surface area contributed by atoms with Crippen LogP contribution < -0.4 is 10.6 Å². The average Bonchev–Trinajstić information content (AvgIpc) is 3.06. The van der Waals surface area contributed by atoms with Crippen LogP contribution in [0, 0.1) is 29.1 Å². The largest absolute Gasteiger partial charge is 0.389 e. The summed E-state index contributed by atoms with van der Waals surface area (Å²) in [5.74, 6) is 7.15. The van der Waals surface area contributed by atoms with E-state index in [9.17, 15) is 15.0 Å². The third-order valence-electron chi connectivity index (χ3n) is 7.72. The van der Waals surface area contributed by atoms with Crippen LogP contribution in [-0.4, -0.2) is 61.4 Å². The zero-order valence-corrected chi connectivity index (χ0v) is 20.6. The van der Waals surface area contributed by atoms with Gasteiger partial charge in [-0.15, -0.1) is 11.3 Å². The summed E-state index contributed by atoms with van der Waals surface area (Å²) in [5.41, 5.74) is 0.115. The lowest BCUT2D eigenvalue weighted by Crippen LogP contribution is -2.41. The zero-order valence-electron chi connectivity index (χ0n) is 19.0. The molecule has 3 aliphatic carbocycles. The Bertz CT molecular complexity index is 1370. The van der Waals surface area contributed by atoms with Crippen LogP contribution in [0.15, 0.2) is 18.5 Å². The number of aromatic nitrogens is 4. The molecule has 11 heteroatoms. The summed E-state index contributed by atoms with van der Waals surface area (Å²) in [6.45, 7) is 0.791. The van der Waals surface area contributed by atoms with Gasteiger partial charge in [-0.1, -0.05) is 18.0 Å². The van der Waals surface area contributed by atoms with E-state index in [2.05, 4.69) is 37.4 Å². The molecule has 182 valence electrons. The molecule has 3 fully saturated rings. The second-order valence-electron chi connectivity index (χ2n) is 9.61. The van der Waals surface area contributed by atoms with Crippen molar-refractivity contribution in [3.63, 3.8) is 0 Å². The number of anilines is 1. The van der Waals surface area contributed by atoms with Crippen LogP contribution in [0.5, 0.6) is 0 Å². The minimum Gasteiger partial charge on any atom is -0.389 e. The molecule has 3 aromatic rings. The van der Waals surface area contributed by atoms with E-state index in [1.807, 2.05) is 6.07 Å². The first-order valence-corrected chi connectivity index (χ1v) is 13.0. The number of thiophene rings is 1. The van der Waals surface area contributed by atoms with Gasteiger partial charge in [-0.25, -0.2) is 15.0 Å². The number of aliphatic hydroxyl groups excluding tert-OH is 2. The number of carbonyl (C=O) groups excluding carboxylic acids is 1. The van der Waals surface area contributed by atoms with Gasteiger partial charge in [0.25, 0.3) is 0 Å². The number of carbonyl (C=O) groups is 1. The molecule has 1 amide bonds. The molecule has 3 aliphatic rings. The fourth-order valence-corrected chi connectivity index (χ4v) is 6.43. The number of aliphatic hydroxyl groups is 2. The monoisotopic (exact) mass is 512 g/mol. The summed E-state index contributed by atoms with van der Waals surface area (Å²) >= 11 is 7.41. The Labute approximate surface area is 210 Å². The van der Waals surface area contributed by atoms with Gasteiger partial charge in [0.1, 0.15) is 6.10 Å². The molecule has 9 nitrogen and oxygen atoms in total. The molecule has 0 aliphatic heterocycles. The minimum atomic E-state index is -1.16. The maximum absolute atomic E-state index is 12.6. The molecule has 5 atom stereocenters. The van der Waals surface area contributed by atoms with Crippen molar-refractivity contribution in [2.45, 2.75) is 43.9 Å². The number of nitrogens with one attached hydrogen (secondary N) is 2. The van der Waals surface area contributed by atoms with Gasteiger partial charge in [-0.05, 0) is 49.2 Å². The Hall–Kier alpha value is -2.71. The Balaban J connectivity index is 1.40. The minimum absolute atomic E-state index is 0.214. The number of amides is 1. The number of nitrogens with zero attached hydrogens (tertiary/aromatic N) is 4. The molecule has 3 heterocycles. The van der Waals surface area contributed by atoms with Crippen molar-refractivity contribution >= 4 is 45.8 Å². The van der Waals surface area contributed by atoms with Gasteiger partial charge in [0.15, 0.2) is 17.0 Å². The highest BCUT2D eigenvalue weighted by Gasteiger charge is 2.75. The molecule has 0 bridgehead atoms. The standard InChI is InChI=1S/C24H25ClN6O3S/c1-26-23(34)24-9-14(24)18(19(32)20(24)33)31-11-28-17-21(27-10-12-3-2-4-12)29-16(30-22(17)31)8-6-13-5-7-15(25)35-13/h5,7,11-12,14,18-20,32-33H,2-4,9-10H2,1H3,(H,26,34)(H,27,29,30)/t14?,18-,19+,20+,24?/m1/s1. The molecule has 2 unspecified atom stereocenters. The van der Waals surface area contributed by atoms with Gasteiger partial charge in [-0.2, -0.15) is 0 Å². The van der Waals surface area contributed by atoms with Crippen LogP contribution in [0.4, 0.5) is 5.82 Å². The first-order valence-electron chi connectivity index (χ1n) is 11.8. The quantitative estimate of drug-likeness (QED) is 0.386. The van der Waals surface area contributed by atoms with Crippen molar-refractivity contribution in [1.29, 1.82) is 0 Å². The lowest BCUT2D eigenvalue weighted by atomic mass is 9.85. The fraction of sp³-hybridized carbons (Fsp3) is 0.500. The van der Waals surface area contributed by atoms with E-state index in [0.29, 0.717) is 39.5 Å². The van der Waals surface area contributed by atoms with E-state index in [4.69, 9.17) is 11.6 Å². The summed E-state index contributed by atoms with van der Waals surface area (Å²) in [7, 11) is 1.55. The predicted molar refractivity (Wildman–Crippen MR) is 132 cm³/mol. The van der Waals surface area contributed by atoms with E-state index < -0.39 is 23.7 Å². The van der Waals surface area contributed by atoms with Crippen LogP contribution >= 0.6 is 22.9 Å². The van der Waals surface area contributed by atoms with Crippen LogP contribution in [-0.2, 0) is 4.79 Å². The Morgan fingerprint density at radius 3 is 2.83 bits per heavy atom. The Kier molecular flexibility index (Phi) is 5.49. The highest BCUT2D eigenvalue weighted by atomic mass is 35.5.